The van der Waals surface area contributed by atoms with Gasteiger partial charge in [0.1, 0.15) is 0 Å². The zero-order chi connectivity index (χ0) is 17.0. The van der Waals surface area contributed by atoms with Crippen molar-refractivity contribution in [2.24, 2.45) is 0 Å². The van der Waals surface area contributed by atoms with E-state index in [1.807, 2.05) is 0 Å². The summed E-state index contributed by atoms with van der Waals surface area (Å²) >= 11 is 0. The van der Waals surface area contributed by atoms with Crippen LogP contribution in [0.4, 0.5) is 0 Å². The van der Waals surface area contributed by atoms with Crippen molar-refractivity contribution in [3.8, 4) is 0 Å². The lowest BCUT2D eigenvalue weighted by atomic mass is 10.0. The molecular formula is C24H32. The minimum Gasteiger partial charge on any atom is -0.0840 e. The Morgan fingerprint density at radius 1 is 0.625 bits per heavy atom. The Bertz CT molecular complexity index is 587. The summed E-state index contributed by atoms with van der Waals surface area (Å²) in [7, 11) is 0. The first-order valence-electron chi connectivity index (χ1n) is 9.65. The van der Waals surface area contributed by atoms with Gasteiger partial charge in [-0.15, -0.1) is 0 Å². The molecule has 0 fully saturated rings. The largest absolute Gasteiger partial charge is 0.0840 e. The standard InChI is InChI=1S/C24H32/c1-3-5-6-10-22-17-19-24(20-18-22)12-8-7-11-23-15-13-21(9-4-2)14-16-23/h6,10,13-20H,3-5,7-9,11-12H2,1-2H3. The molecule has 128 valence electrons. The third-order valence-electron chi connectivity index (χ3n) is 4.49. The van der Waals surface area contributed by atoms with E-state index in [2.05, 4.69) is 74.5 Å². The van der Waals surface area contributed by atoms with Gasteiger partial charge in [0.15, 0.2) is 0 Å². The number of rotatable bonds is 10. The molecule has 24 heavy (non-hydrogen) atoms. The van der Waals surface area contributed by atoms with E-state index in [-0.39, 0.29) is 0 Å². The first kappa shape index (κ1) is 18.5. The molecule has 0 heterocycles. The van der Waals surface area contributed by atoms with Gasteiger partial charge in [0, 0.05) is 0 Å². The Morgan fingerprint density at radius 3 is 1.62 bits per heavy atom. The Morgan fingerprint density at radius 2 is 1.12 bits per heavy atom. The highest BCUT2D eigenvalue weighted by atomic mass is 14.0. The van der Waals surface area contributed by atoms with Gasteiger partial charge in [-0.1, -0.05) is 87.4 Å². The molecule has 0 aliphatic heterocycles. The fraction of sp³-hybridized carbons (Fsp3) is 0.417. The van der Waals surface area contributed by atoms with Crippen LogP contribution >= 0.6 is 0 Å². The number of unbranched alkanes of at least 4 members (excludes halogenated alkanes) is 2. The van der Waals surface area contributed by atoms with Crippen LogP contribution in [0, 0.1) is 0 Å². The van der Waals surface area contributed by atoms with Crippen LogP contribution in [-0.4, -0.2) is 0 Å². The van der Waals surface area contributed by atoms with Crippen molar-refractivity contribution < 1.29 is 0 Å². The van der Waals surface area contributed by atoms with Gasteiger partial charge in [0.25, 0.3) is 0 Å². The smallest absolute Gasteiger partial charge is 0.0260 e. The minimum absolute atomic E-state index is 1.17. The lowest BCUT2D eigenvalue weighted by Crippen LogP contribution is -1.90. The predicted octanol–water partition coefficient (Wildman–Crippen LogP) is 7.02. The van der Waals surface area contributed by atoms with Crippen molar-refractivity contribution in [3.63, 3.8) is 0 Å². The normalized spacial score (nSPS) is 11.2. The third kappa shape index (κ3) is 6.74. The van der Waals surface area contributed by atoms with Crippen LogP contribution in [0.5, 0.6) is 0 Å². The zero-order valence-corrected chi connectivity index (χ0v) is 15.4. The average Bonchev–Trinajstić information content (AvgIpc) is 2.62. The summed E-state index contributed by atoms with van der Waals surface area (Å²) < 4.78 is 0. The lowest BCUT2D eigenvalue weighted by molar-refractivity contribution is 0.734. The molecule has 0 spiro atoms. The maximum absolute atomic E-state index is 2.31. The Labute approximate surface area is 148 Å². The van der Waals surface area contributed by atoms with E-state index in [9.17, 15) is 0 Å². The van der Waals surface area contributed by atoms with Crippen LogP contribution in [0.1, 0.15) is 68.2 Å². The maximum atomic E-state index is 2.31. The molecule has 0 saturated carbocycles. The number of allylic oxidation sites excluding steroid dienone is 1. The molecule has 0 unspecified atom stereocenters. The van der Waals surface area contributed by atoms with E-state index in [1.54, 1.807) is 0 Å². The summed E-state index contributed by atoms with van der Waals surface area (Å²) in [5, 5.41) is 0. The van der Waals surface area contributed by atoms with Gasteiger partial charge in [-0.2, -0.15) is 0 Å². The van der Waals surface area contributed by atoms with Gasteiger partial charge in [-0.3, -0.25) is 0 Å². The quantitative estimate of drug-likeness (QED) is 0.413. The van der Waals surface area contributed by atoms with E-state index in [0.717, 1.165) is 0 Å². The summed E-state index contributed by atoms with van der Waals surface area (Å²) in [6, 6.07) is 18.3. The van der Waals surface area contributed by atoms with Crippen molar-refractivity contribution in [3.05, 3.63) is 76.9 Å². The molecular weight excluding hydrogens is 288 g/mol. The molecule has 2 aromatic rings. The molecule has 0 atom stereocenters. The molecule has 0 bridgehead atoms. The Hall–Kier alpha value is -1.82. The molecule has 0 radical (unpaired) electrons. The lowest BCUT2D eigenvalue weighted by Gasteiger charge is -2.05. The predicted molar refractivity (Wildman–Crippen MR) is 107 cm³/mol. The second kappa shape index (κ2) is 10.9. The average molecular weight is 321 g/mol. The van der Waals surface area contributed by atoms with Crippen LogP contribution in [-0.2, 0) is 19.3 Å². The van der Waals surface area contributed by atoms with Crippen molar-refractivity contribution in [2.45, 2.75) is 65.2 Å². The van der Waals surface area contributed by atoms with E-state index < -0.39 is 0 Å². The van der Waals surface area contributed by atoms with Crippen LogP contribution < -0.4 is 0 Å². The number of aryl methyl sites for hydroxylation is 3. The maximum Gasteiger partial charge on any atom is -0.0260 e. The van der Waals surface area contributed by atoms with E-state index in [0.29, 0.717) is 0 Å². The summed E-state index contributed by atoms with van der Waals surface area (Å²) in [6.45, 7) is 4.45. The number of hydrogen-bond acceptors (Lipinski definition) is 0. The molecule has 2 aromatic carbocycles. The zero-order valence-electron chi connectivity index (χ0n) is 15.4. The van der Waals surface area contributed by atoms with Gasteiger partial charge in [0.2, 0.25) is 0 Å². The third-order valence-corrected chi connectivity index (χ3v) is 4.49. The molecule has 0 heteroatoms. The van der Waals surface area contributed by atoms with Crippen LogP contribution in [0.25, 0.3) is 6.08 Å². The van der Waals surface area contributed by atoms with Gasteiger partial charge in [-0.05, 0) is 60.8 Å². The summed E-state index contributed by atoms with van der Waals surface area (Å²) in [6.07, 6.45) is 14.2. The van der Waals surface area contributed by atoms with E-state index >= 15 is 0 Å². The first-order valence-corrected chi connectivity index (χ1v) is 9.65. The summed E-state index contributed by atoms with van der Waals surface area (Å²) in [5.74, 6) is 0. The summed E-state index contributed by atoms with van der Waals surface area (Å²) in [4.78, 5) is 0. The monoisotopic (exact) mass is 320 g/mol. The number of hydrogen-bond donors (Lipinski definition) is 0. The number of benzene rings is 2. The minimum atomic E-state index is 1.17. The highest BCUT2D eigenvalue weighted by Crippen LogP contribution is 2.13. The van der Waals surface area contributed by atoms with Crippen molar-refractivity contribution in [1.82, 2.24) is 0 Å². The van der Waals surface area contributed by atoms with Crippen LogP contribution in [0.15, 0.2) is 54.6 Å². The fourth-order valence-electron chi connectivity index (χ4n) is 3.00. The molecule has 0 aliphatic rings. The second-order valence-corrected chi connectivity index (χ2v) is 6.71. The second-order valence-electron chi connectivity index (χ2n) is 6.71. The molecule has 0 amide bonds. The molecule has 0 saturated heterocycles. The topological polar surface area (TPSA) is 0 Å². The highest BCUT2D eigenvalue weighted by Gasteiger charge is 1.97. The van der Waals surface area contributed by atoms with Crippen LogP contribution in [0.3, 0.4) is 0 Å². The molecule has 0 aliphatic carbocycles. The molecule has 0 N–H and O–H groups in total. The van der Waals surface area contributed by atoms with Gasteiger partial charge >= 0.3 is 0 Å². The van der Waals surface area contributed by atoms with Gasteiger partial charge in [0.05, 0.1) is 0 Å². The van der Waals surface area contributed by atoms with Gasteiger partial charge in [-0.25, -0.2) is 0 Å². The SMILES string of the molecule is CCCC=Cc1ccc(CCCCc2ccc(CCC)cc2)cc1. The molecule has 0 nitrogen and oxygen atoms in total. The molecule has 0 aromatic heterocycles. The first-order chi connectivity index (χ1) is 11.8. The molecule has 2 rings (SSSR count). The Kier molecular flexibility index (Phi) is 8.38. The van der Waals surface area contributed by atoms with Crippen molar-refractivity contribution in [1.29, 1.82) is 0 Å². The van der Waals surface area contributed by atoms with Crippen molar-refractivity contribution >= 4 is 6.08 Å². The fourth-order valence-corrected chi connectivity index (χ4v) is 3.00. The van der Waals surface area contributed by atoms with Crippen molar-refractivity contribution in [2.75, 3.05) is 0 Å². The van der Waals surface area contributed by atoms with Crippen LogP contribution in [0.2, 0.25) is 0 Å². The summed E-state index contributed by atoms with van der Waals surface area (Å²) in [5.41, 5.74) is 5.72. The Balaban J connectivity index is 1.70. The van der Waals surface area contributed by atoms with Gasteiger partial charge < -0.3 is 0 Å². The van der Waals surface area contributed by atoms with E-state index in [1.165, 1.54) is 73.6 Å². The highest BCUT2D eigenvalue weighted by molar-refractivity contribution is 5.49. The van der Waals surface area contributed by atoms with E-state index in [4.69, 9.17) is 0 Å².